The summed E-state index contributed by atoms with van der Waals surface area (Å²) in [6, 6.07) is 24.4. The summed E-state index contributed by atoms with van der Waals surface area (Å²) >= 11 is 0. The lowest BCUT2D eigenvalue weighted by Gasteiger charge is -2.22. The summed E-state index contributed by atoms with van der Waals surface area (Å²) in [5.74, 6) is 1.36. The number of hydrogen-bond donors (Lipinski definition) is 1. The smallest absolute Gasteiger partial charge is 0.272 e. The number of nitrogens with one attached hydrogen (secondary N) is 1. The van der Waals surface area contributed by atoms with Gasteiger partial charge in [0, 0.05) is 25.5 Å². The molecule has 3 aromatic carbocycles. The number of fused-ring (bicyclic) bond motifs is 4. The van der Waals surface area contributed by atoms with E-state index in [1.165, 1.54) is 22.3 Å². The van der Waals surface area contributed by atoms with Crippen LogP contribution in [0.15, 0.2) is 77.6 Å². The molecule has 3 heterocycles. The molecule has 0 radical (unpaired) electrons. The van der Waals surface area contributed by atoms with E-state index in [0.29, 0.717) is 16.9 Å². The first kappa shape index (κ1) is 18.5. The number of anilines is 1. The van der Waals surface area contributed by atoms with Gasteiger partial charge in [0.25, 0.3) is 5.56 Å². The van der Waals surface area contributed by atoms with Crippen molar-refractivity contribution in [1.29, 1.82) is 0 Å². The highest BCUT2D eigenvalue weighted by Gasteiger charge is 2.24. The Morgan fingerprint density at radius 2 is 1.38 bits per heavy atom. The van der Waals surface area contributed by atoms with Gasteiger partial charge in [0.05, 0.1) is 5.39 Å². The fourth-order valence-corrected chi connectivity index (χ4v) is 4.54. The Bertz CT molecular complexity index is 1490. The Morgan fingerprint density at radius 1 is 0.781 bits per heavy atom. The van der Waals surface area contributed by atoms with Crippen molar-refractivity contribution in [3.8, 4) is 22.6 Å². The van der Waals surface area contributed by atoms with Crippen LogP contribution in [0.5, 0.6) is 0 Å². The first-order chi connectivity index (χ1) is 15.7. The minimum Gasteiger partial charge on any atom is -0.332 e. The van der Waals surface area contributed by atoms with E-state index in [-0.39, 0.29) is 5.56 Å². The number of rotatable bonds is 2. The zero-order valence-electron chi connectivity index (χ0n) is 17.5. The molecule has 6 rings (SSSR count). The second-order valence-electron chi connectivity index (χ2n) is 8.00. The number of H-pyrrole nitrogens is 1. The molecule has 0 fully saturated rings. The van der Waals surface area contributed by atoms with Crippen molar-refractivity contribution in [2.45, 2.75) is 13.1 Å². The molecule has 0 unspecified atom stereocenters. The highest BCUT2D eigenvalue weighted by molar-refractivity contribution is 5.92. The fraction of sp³-hybridized carbons (Fsp3) is 0.120. The van der Waals surface area contributed by atoms with Crippen LogP contribution in [0.4, 0.5) is 5.95 Å². The van der Waals surface area contributed by atoms with E-state index in [4.69, 9.17) is 0 Å². The maximum absolute atomic E-state index is 12.2. The molecule has 0 amide bonds. The van der Waals surface area contributed by atoms with Gasteiger partial charge in [-0.25, -0.2) is 5.10 Å². The van der Waals surface area contributed by atoms with Gasteiger partial charge in [0.1, 0.15) is 5.69 Å². The van der Waals surface area contributed by atoms with E-state index >= 15 is 0 Å². The largest absolute Gasteiger partial charge is 0.332 e. The van der Waals surface area contributed by atoms with Crippen LogP contribution >= 0.6 is 0 Å². The van der Waals surface area contributed by atoms with Gasteiger partial charge in [0.2, 0.25) is 5.95 Å². The highest BCUT2D eigenvalue weighted by Crippen LogP contribution is 2.34. The quantitative estimate of drug-likeness (QED) is 0.468. The Kier molecular flexibility index (Phi) is 4.14. The maximum Gasteiger partial charge on any atom is 0.272 e. The fourth-order valence-electron chi connectivity index (χ4n) is 4.54. The predicted octanol–water partition coefficient (Wildman–Crippen LogP) is 3.91. The van der Waals surface area contributed by atoms with Gasteiger partial charge in [0.15, 0.2) is 5.82 Å². The van der Waals surface area contributed by atoms with Crippen molar-refractivity contribution >= 4 is 16.7 Å². The van der Waals surface area contributed by atoms with E-state index in [2.05, 4.69) is 73.8 Å². The SMILES string of the molecule is Cn1c(-c2n[nH]c(=O)c3ccccc23)nnc1N1Cc2ccccc2-c2ccccc2C1. The van der Waals surface area contributed by atoms with Gasteiger partial charge in [-0.15, -0.1) is 10.2 Å². The average molecular weight is 420 g/mol. The van der Waals surface area contributed by atoms with E-state index in [0.717, 1.165) is 24.4 Å². The normalized spacial score (nSPS) is 13.0. The molecule has 0 atom stereocenters. The van der Waals surface area contributed by atoms with Crippen molar-refractivity contribution in [3.63, 3.8) is 0 Å². The first-order valence-electron chi connectivity index (χ1n) is 10.5. The Balaban J connectivity index is 1.48. The van der Waals surface area contributed by atoms with Crippen LogP contribution in [0.25, 0.3) is 33.4 Å². The number of aromatic nitrogens is 5. The summed E-state index contributed by atoms with van der Waals surface area (Å²) < 4.78 is 1.95. The first-order valence-corrected chi connectivity index (χ1v) is 10.5. The topological polar surface area (TPSA) is 79.7 Å². The van der Waals surface area contributed by atoms with Crippen molar-refractivity contribution in [1.82, 2.24) is 25.0 Å². The molecular weight excluding hydrogens is 400 g/mol. The third kappa shape index (κ3) is 2.82. The third-order valence-electron chi connectivity index (χ3n) is 6.09. The zero-order valence-corrected chi connectivity index (χ0v) is 17.5. The van der Waals surface area contributed by atoms with E-state index < -0.39 is 0 Å². The molecule has 5 aromatic rings. The number of benzene rings is 3. The highest BCUT2D eigenvalue weighted by atomic mass is 16.1. The molecule has 0 saturated carbocycles. The average Bonchev–Trinajstić information content (AvgIpc) is 3.12. The summed E-state index contributed by atoms with van der Waals surface area (Å²) in [4.78, 5) is 14.4. The van der Waals surface area contributed by atoms with E-state index in [9.17, 15) is 4.79 Å². The van der Waals surface area contributed by atoms with Crippen LogP contribution in [0.3, 0.4) is 0 Å². The number of nitrogens with zero attached hydrogens (tertiary/aromatic N) is 5. The molecule has 0 spiro atoms. The van der Waals surface area contributed by atoms with Crippen molar-refractivity contribution in [2.24, 2.45) is 7.05 Å². The van der Waals surface area contributed by atoms with E-state index in [1.807, 2.05) is 29.8 Å². The Hall–Kier alpha value is -4.26. The third-order valence-corrected chi connectivity index (χ3v) is 6.09. The summed E-state index contributed by atoms with van der Waals surface area (Å²) in [5.41, 5.74) is 5.39. The molecule has 1 N–H and O–H groups in total. The molecule has 7 heteroatoms. The maximum atomic E-state index is 12.2. The van der Waals surface area contributed by atoms with Crippen LogP contribution in [0, 0.1) is 0 Å². The zero-order chi connectivity index (χ0) is 21.7. The molecule has 1 aliphatic heterocycles. The molecule has 0 aliphatic carbocycles. The molecule has 156 valence electrons. The van der Waals surface area contributed by atoms with Crippen LogP contribution in [0.1, 0.15) is 11.1 Å². The monoisotopic (exact) mass is 420 g/mol. The summed E-state index contributed by atoms with van der Waals surface area (Å²) in [5, 5.41) is 17.2. The molecular formula is C25H20N6O. The lowest BCUT2D eigenvalue weighted by Crippen LogP contribution is -2.24. The van der Waals surface area contributed by atoms with Crippen molar-refractivity contribution in [3.05, 3.63) is 94.3 Å². The van der Waals surface area contributed by atoms with Gasteiger partial charge in [-0.05, 0) is 28.3 Å². The second-order valence-corrected chi connectivity index (χ2v) is 8.00. The lowest BCUT2D eigenvalue weighted by atomic mass is 9.97. The number of hydrogen-bond acceptors (Lipinski definition) is 5. The summed E-state index contributed by atoms with van der Waals surface area (Å²) in [6.07, 6.45) is 0. The second kappa shape index (κ2) is 7.16. The van der Waals surface area contributed by atoms with Crippen molar-refractivity contribution in [2.75, 3.05) is 4.90 Å². The van der Waals surface area contributed by atoms with Gasteiger partial charge >= 0.3 is 0 Å². The van der Waals surface area contributed by atoms with Gasteiger partial charge in [-0.1, -0.05) is 66.7 Å². The van der Waals surface area contributed by atoms with Crippen LogP contribution in [-0.2, 0) is 20.1 Å². The molecule has 0 bridgehead atoms. The van der Waals surface area contributed by atoms with Gasteiger partial charge in [-0.3, -0.25) is 9.36 Å². The summed E-state index contributed by atoms with van der Waals surface area (Å²) in [7, 11) is 1.94. The van der Waals surface area contributed by atoms with Gasteiger partial charge < -0.3 is 4.90 Å². The molecule has 7 nitrogen and oxygen atoms in total. The van der Waals surface area contributed by atoms with Crippen LogP contribution < -0.4 is 10.5 Å². The van der Waals surface area contributed by atoms with Crippen LogP contribution in [-0.4, -0.2) is 25.0 Å². The van der Waals surface area contributed by atoms with Gasteiger partial charge in [-0.2, -0.15) is 5.10 Å². The number of aromatic amines is 1. The summed E-state index contributed by atoms with van der Waals surface area (Å²) in [6.45, 7) is 1.44. The predicted molar refractivity (Wildman–Crippen MR) is 124 cm³/mol. The minimum atomic E-state index is -0.215. The molecule has 2 aromatic heterocycles. The molecule has 1 aliphatic rings. The Morgan fingerprint density at radius 3 is 2.06 bits per heavy atom. The molecule has 32 heavy (non-hydrogen) atoms. The van der Waals surface area contributed by atoms with Crippen molar-refractivity contribution < 1.29 is 0 Å². The standard InChI is InChI=1S/C25H20N6O/c1-30-23(22-20-12-6-7-13-21(20)24(32)28-26-22)27-29-25(30)31-14-16-8-2-4-10-18(16)19-11-5-3-9-17(19)15-31/h2-13H,14-15H2,1H3,(H,28,32). The van der Waals surface area contributed by atoms with E-state index in [1.54, 1.807) is 6.07 Å². The Labute approximate surface area is 184 Å². The molecule has 0 saturated heterocycles. The van der Waals surface area contributed by atoms with Crippen LogP contribution in [0.2, 0.25) is 0 Å². The lowest BCUT2D eigenvalue weighted by molar-refractivity contribution is 0.739. The minimum absolute atomic E-state index is 0.215.